The summed E-state index contributed by atoms with van der Waals surface area (Å²) in [5, 5.41) is 0. The van der Waals surface area contributed by atoms with Gasteiger partial charge in [-0.25, -0.2) is 21.9 Å². The maximum absolute atomic E-state index is 13.7. The Hall–Kier alpha value is -1.38. The predicted octanol–water partition coefficient (Wildman–Crippen LogP) is 2.64. The van der Waals surface area contributed by atoms with E-state index in [0.29, 0.717) is 12.5 Å². The molecule has 8 heteroatoms. The monoisotopic (exact) mass is 376 g/mol. The number of aromatic nitrogens is 1. The van der Waals surface area contributed by atoms with Gasteiger partial charge in [0.05, 0.1) is 0 Å². The van der Waals surface area contributed by atoms with E-state index in [1.807, 2.05) is 0 Å². The number of nitrogens with zero attached hydrogens (tertiary/aromatic N) is 1. The van der Waals surface area contributed by atoms with Gasteiger partial charge in [0, 0.05) is 29.5 Å². The Kier molecular flexibility index (Phi) is 5.02. The minimum Gasteiger partial charge on any atom is -0.265 e. The number of rotatable bonds is 5. The van der Waals surface area contributed by atoms with E-state index in [4.69, 9.17) is 0 Å². The molecule has 0 aliphatic rings. The zero-order chi connectivity index (χ0) is 15.5. The fraction of sp³-hybridized carbons (Fsp3) is 0.154. The maximum Gasteiger partial charge on any atom is 0.244 e. The van der Waals surface area contributed by atoms with Crippen molar-refractivity contribution in [3.05, 3.63) is 58.3 Å². The Morgan fingerprint density at radius 3 is 2.48 bits per heavy atom. The standard InChI is InChI=1S/C13H11BrF2N2O2S/c14-11-7-10(15)8-12(16)13(11)21(19,20)18-6-3-9-1-4-17-5-2-9/h1-2,4-5,7-8,18H,3,6H2. The van der Waals surface area contributed by atoms with Crippen LogP contribution >= 0.6 is 15.9 Å². The summed E-state index contributed by atoms with van der Waals surface area (Å²) in [6.07, 6.45) is 3.63. The van der Waals surface area contributed by atoms with Crippen LogP contribution in [0.3, 0.4) is 0 Å². The molecule has 0 fully saturated rings. The lowest BCUT2D eigenvalue weighted by Crippen LogP contribution is -2.27. The molecule has 21 heavy (non-hydrogen) atoms. The molecule has 0 unspecified atom stereocenters. The van der Waals surface area contributed by atoms with Gasteiger partial charge in [-0.2, -0.15) is 0 Å². The molecule has 4 nitrogen and oxygen atoms in total. The van der Waals surface area contributed by atoms with Crippen molar-refractivity contribution in [1.29, 1.82) is 0 Å². The molecule has 2 aromatic rings. The predicted molar refractivity (Wildman–Crippen MR) is 77.2 cm³/mol. The molecular weight excluding hydrogens is 366 g/mol. The molecule has 2 rings (SSSR count). The number of hydrogen-bond acceptors (Lipinski definition) is 3. The highest BCUT2D eigenvalue weighted by atomic mass is 79.9. The molecule has 1 N–H and O–H groups in total. The zero-order valence-corrected chi connectivity index (χ0v) is 13.1. The highest BCUT2D eigenvalue weighted by Crippen LogP contribution is 2.26. The van der Waals surface area contributed by atoms with E-state index in [1.54, 1.807) is 24.5 Å². The van der Waals surface area contributed by atoms with Crippen LogP contribution in [0.15, 0.2) is 46.0 Å². The van der Waals surface area contributed by atoms with Crippen molar-refractivity contribution in [2.45, 2.75) is 11.3 Å². The van der Waals surface area contributed by atoms with Gasteiger partial charge in [-0.05, 0) is 46.1 Å². The Balaban J connectivity index is 2.12. The molecule has 1 heterocycles. The van der Waals surface area contributed by atoms with E-state index in [-0.39, 0.29) is 11.0 Å². The zero-order valence-electron chi connectivity index (χ0n) is 10.7. The van der Waals surface area contributed by atoms with Gasteiger partial charge < -0.3 is 0 Å². The van der Waals surface area contributed by atoms with Crippen molar-refractivity contribution >= 4 is 26.0 Å². The van der Waals surface area contributed by atoms with Gasteiger partial charge in [0.15, 0.2) is 0 Å². The lowest BCUT2D eigenvalue weighted by Gasteiger charge is -2.09. The molecule has 0 saturated carbocycles. The second kappa shape index (κ2) is 6.59. The molecule has 0 saturated heterocycles. The lowest BCUT2D eigenvalue weighted by molar-refractivity contribution is 0.541. The molecule has 0 aliphatic carbocycles. The van der Waals surface area contributed by atoms with Gasteiger partial charge >= 0.3 is 0 Å². The van der Waals surface area contributed by atoms with Gasteiger partial charge in [0.2, 0.25) is 10.0 Å². The second-order valence-electron chi connectivity index (χ2n) is 4.20. The number of hydrogen-bond donors (Lipinski definition) is 1. The third-order valence-electron chi connectivity index (χ3n) is 2.69. The van der Waals surface area contributed by atoms with E-state index in [0.717, 1.165) is 11.6 Å². The highest BCUT2D eigenvalue weighted by Gasteiger charge is 2.23. The summed E-state index contributed by atoms with van der Waals surface area (Å²) in [6, 6.07) is 4.94. The summed E-state index contributed by atoms with van der Waals surface area (Å²) in [4.78, 5) is 3.25. The third kappa shape index (κ3) is 4.05. The first-order valence-corrected chi connectivity index (χ1v) is 8.21. The molecule has 1 aromatic carbocycles. The van der Waals surface area contributed by atoms with E-state index < -0.39 is 26.6 Å². The van der Waals surface area contributed by atoms with E-state index in [1.165, 1.54) is 0 Å². The van der Waals surface area contributed by atoms with Crippen molar-refractivity contribution in [2.24, 2.45) is 0 Å². The first-order valence-electron chi connectivity index (χ1n) is 5.93. The highest BCUT2D eigenvalue weighted by molar-refractivity contribution is 9.10. The normalized spacial score (nSPS) is 11.6. The molecule has 0 amide bonds. The molecule has 0 atom stereocenters. The molecule has 0 aliphatic heterocycles. The van der Waals surface area contributed by atoms with Crippen LogP contribution in [0.5, 0.6) is 0 Å². The second-order valence-corrected chi connectivity index (χ2v) is 6.76. The van der Waals surface area contributed by atoms with Crippen molar-refractivity contribution in [3.63, 3.8) is 0 Å². The smallest absolute Gasteiger partial charge is 0.244 e. The van der Waals surface area contributed by atoms with Crippen LogP contribution in [0, 0.1) is 11.6 Å². The van der Waals surface area contributed by atoms with Gasteiger partial charge in [0.1, 0.15) is 16.5 Å². The van der Waals surface area contributed by atoms with Gasteiger partial charge in [-0.3, -0.25) is 4.98 Å². The summed E-state index contributed by atoms with van der Waals surface area (Å²) in [7, 11) is -4.06. The van der Waals surface area contributed by atoms with Crippen LogP contribution in [0.2, 0.25) is 0 Å². The van der Waals surface area contributed by atoms with Gasteiger partial charge in [-0.15, -0.1) is 0 Å². The first kappa shape index (κ1) is 16.0. The molecule has 0 radical (unpaired) electrons. The summed E-state index contributed by atoms with van der Waals surface area (Å²) in [5.41, 5.74) is 0.895. The van der Waals surface area contributed by atoms with E-state index >= 15 is 0 Å². The lowest BCUT2D eigenvalue weighted by atomic mass is 10.2. The average molecular weight is 377 g/mol. The minimum atomic E-state index is -4.06. The fourth-order valence-electron chi connectivity index (χ4n) is 1.74. The number of sulfonamides is 1. The Morgan fingerprint density at radius 1 is 1.19 bits per heavy atom. The maximum atomic E-state index is 13.7. The number of pyridine rings is 1. The van der Waals surface area contributed by atoms with Crippen LogP contribution in [-0.2, 0) is 16.4 Å². The largest absolute Gasteiger partial charge is 0.265 e. The van der Waals surface area contributed by atoms with Crippen molar-refractivity contribution in [3.8, 4) is 0 Å². The first-order chi connectivity index (χ1) is 9.90. The van der Waals surface area contributed by atoms with Gasteiger partial charge in [-0.1, -0.05) is 0 Å². The summed E-state index contributed by atoms with van der Waals surface area (Å²) in [5.74, 6) is -1.99. The molecular formula is C13H11BrF2N2O2S. The molecule has 0 bridgehead atoms. The van der Waals surface area contributed by atoms with Crippen molar-refractivity contribution in [2.75, 3.05) is 6.54 Å². The van der Waals surface area contributed by atoms with E-state index in [9.17, 15) is 17.2 Å². The van der Waals surface area contributed by atoms with Crippen LogP contribution in [-0.4, -0.2) is 19.9 Å². The summed E-state index contributed by atoms with van der Waals surface area (Å²) >= 11 is 2.86. The molecule has 1 aromatic heterocycles. The van der Waals surface area contributed by atoms with Crippen LogP contribution in [0.1, 0.15) is 5.56 Å². The average Bonchev–Trinajstić information content (AvgIpc) is 2.38. The minimum absolute atomic E-state index is 0.0929. The number of nitrogens with one attached hydrogen (secondary N) is 1. The quantitative estimate of drug-likeness (QED) is 0.872. The Morgan fingerprint density at radius 2 is 1.86 bits per heavy atom. The third-order valence-corrected chi connectivity index (χ3v) is 5.11. The Labute approximate surface area is 129 Å². The van der Waals surface area contributed by atoms with Crippen LogP contribution in [0.25, 0.3) is 0 Å². The number of benzene rings is 1. The SMILES string of the molecule is O=S(=O)(NCCc1ccncc1)c1c(F)cc(F)cc1Br. The Bertz CT molecular complexity index is 716. The van der Waals surface area contributed by atoms with Crippen LogP contribution < -0.4 is 4.72 Å². The summed E-state index contributed by atoms with van der Waals surface area (Å²) in [6.45, 7) is 0.0929. The fourth-order valence-corrected chi connectivity index (χ4v) is 3.93. The van der Waals surface area contributed by atoms with Crippen LogP contribution in [0.4, 0.5) is 8.78 Å². The van der Waals surface area contributed by atoms with E-state index in [2.05, 4.69) is 25.6 Å². The van der Waals surface area contributed by atoms with Crippen molar-refractivity contribution < 1.29 is 17.2 Å². The molecule has 112 valence electrons. The summed E-state index contributed by atoms with van der Waals surface area (Å²) < 4.78 is 52.9. The number of halogens is 3. The van der Waals surface area contributed by atoms with Crippen molar-refractivity contribution in [1.82, 2.24) is 9.71 Å². The van der Waals surface area contributed by atoms with Gasteiger partial charge in [0.25, 0.3) is 0 Å². The topological polar surface area (TPSA) is 59.1 Å². The molecule has 0 spiro atoms.